The maximum absolute atomic E-state index is 13.3. The van der Waals surface area contributed by atoms with Gasteiger partial charge in [-0.2, -0.15) is 0 Å². The van der Waals surface area contributed by atoms with Crippen LogP contribution in [0.5, 0.6) is 5.75 Å². The average Bonchev–Trinajstić information content (AvgIpc) is 3.01. The van der Waals surface area contributed by atoms with E-state index in [2.05, 4.69) is 10.6 Å². The van der Waals surface area contributed by atoms with Crippen molar-refractivity contribution in [2.75, 3.05) is 12.4 Å². The van der Waals surface area contributed by atoms with E-state index in [0.717, 1.165) is 12.8 Å². The van der Waals surface area contributed by atoms with Crippen molar-refractivity contribution in [1.29, 1.82) is 0 Å². The number of nitrogens with one attached hydrogen (secondary N) is 2. The molecule has 0 aromatic heterocycles. The zero-order valence-electron chi connectivity index (χ0n) is 8.92. The fraction of sp³-hybridized carbons (Fsp3) is 0.364. The molecule has 2 N–H and O–H groups in total. The number of rotatable bonds is 3. The van der Waals surface area contributed by atoms with Crippen molar-refractivity contribution in [2.45, 2.75) is 18.9 Å². The zero-order chi connectivity index (χ0) is 11.5. The summed E-state index contributed by atoms with van der Waals surface area (Å²) >= 11 is 5.08. The first-order valence-corrected chi connectivity index (χ1v) is 5.51. The lowest BCUT2D eigenvalue weighted by atomic mass is 10.3. The Bertz CT molecular complexity index is 407. The van der Waals surface area contributed by atoms with Crippen LogP contribution in [0.25, 0.3) is 0 Å². The van der Waals surface area contributed by atoms with Gasteiger partial charge in [0.05, 0.1) is 7.11 Å². The Labute approximate surface area is 99.0 Å². The molecule has 1 aromatic carbocycles. The van der Waals surface area contributed by atoms with E-state index in [1.807, 2.05) is 0 Å². The molecule has 0 spiro atoms. The number of thiocarbonyl (C=S) groups is 1. The Morgan fingerprint density at radius 2 is 2.25 bits per heavy atom. The zero-order valence-corrected chi connectivity index (χ0v) is 9.73. The third-order valence-corrected chi connectivity index (χ3v) is 2.54. The van der Waals surface area contributed by atoms with Crippen LogP contribution in [0.1, 0.15) is 12.8 Å². The van der Waals surface area contributed by atoms with Crippen molar-refractivity contribution in [3.8, 4) is 5.75 Å². The van der Waals surface area contributed by atoms with Gasteiger partial charge in [-0.3, -0.25) is 0 Å². The lowest BCUT2D eigenvalue weighted by molar-refractivity contribution is 0.387. The molecule has 0 heterocycles. The average molecular weight is 240 g/mol. The lowest BCUT2D eigenvalue weighted by Crippen LogP contribution is -2.30. The van der Waals surface area contributed by atoms with Crippen molar-refractivity contribution < 1.29 is 9.13 Å². The molecule has 16 heavy (non-hydrogen) atoms. The molecule has 1 fully saturated rings. The fourth-order valence-corrected chi connectivity index (χ4v) is 1.61. The van der Waals surface area contributed by atoms with E-state index in [0.29, 0.717) is 16.8 Å². The first-order valence-electron chi connectivity index (χ1n) is 5.10. The molecule has 5 heteroatoms. The largest absolute Gasteiger partial charge is 0.494 e. The summed E-state index contributed by atoms with van der Waals surface area (Å²) in [7, 11) is 1.44. The van der Waals surface area contributed by atoms with Crippen LogP contribution in [0.15, 0.2) is 18.2 Å². The van der Waals surface area contributed by atoms with Gasteiger partial charge < -0.3 is 15.4 Å². The molecular formula is C11H13FN2OS. The third kappa shape index (κ3) is 2.82. The number of methoxy groups -OCH3 is 1. The number of benzene rings is 1. The number of hydrogen-bond donors (Lipinski definition) is 2. The minimum absolute atomic E-state index is 0.228. The molecule has 2 rings (SSSR count). The summed E-state index contributed by atoms with van der Waals surface area (Å²) < 4.78 is 18.2. The summed E-state index contributed by atoms with van der Waals surface area (Å²) in [5.41, 5.74) is 0.622. The molecule has 0 aliphatic heterocycles. The van der Waals surface area contributed by atoms with Gasteiger partial charge in [0.25, 0.3) is 0 Å². The van der Waals surface area contributed by atoms with Crippen LogP contribution in [0, 0.1) is 5.82 Å². The molecule has 86 valence electrons. The third-order valence-electron chi connectivity index (χ3n) is 2.32. The number of halogens is 1. The molecule has 0 unspecified atom stereocenters. The molecule has 1 aliphatic rings. The van der Waals surface area contributed by atoms with E-state index >= 15 is 0 Å². The molecule has 1 aromatic rings. The predicted octanol–water partition coefficient (Wildman–Crippen LogP) is 2.28. The van der Waals surface area contributed by atoms with Crippen molar-refractivity contribution in [1.82, 2.24) is 5.32 Å². The number of anilines is 1. The standard InChI is InChI=1S/C11H13FN2OS/c1-15-10-5-4-8(6-9(10)12)14-11(16)13-7-2-3-7/h4-7H,2-3H2,1H3,(H2,13,14,16). The van der Waals surface area contributed by atoms with Gasteiger partial charge in [0.1, 0.15) is 0 Å². The second-order valence-corrected chi connectivity index (χ2v) is 4.13. The van der Waals surface area contributed by atoms with Gasteiger partial charge in [-0.05, 0) is 37.2 Å². The Morgan fingerprint density at radius 3 is 2.81 bits per heavy atom. The Hall–Kier alpha value is -1.36. The Morgan fingerprint density at radius 1 is 1.50 bits per heavy atom. The van der Waals surface area contributed by atoms with E-state index in [1.165, 1.54) is 13.2 Å². The highest BCUT2D eigenvalue weighted by Crippen LogP contribution is 2.21. The summed E-state index contributed by atoms with van der Waals surface area (Å²) in [5.74, 6) is -0.173. The van der Waals surface area contributed by atoms with Crippen LogP contribution < -0.4 is 15.4 Å². The minimum Gasteiger partial charge on any atom is -0.494 e. The second-order valence-electron chi connectivity index (χ2n) is 3.72. The van der Waals surface area contributed by atoms with Gasteiger partial charge in [0.2, 0.25) is 0 Å². The summed E-state index contributed by atoms with van der Waals surface area (Å²) in [5, 5.41) is 6.58. The summed E-state index contributed by atoms with van der Waals surface area (Å²) in [6.07, 6.45) is 2.30. The molecule has 1 aliphatic carbocycles. The molecule has 0 atom stereocenters. The van der Waals surface area contributed by atoms with Crippen LogP contribution in [0.4, 0.5) is 10.1 Å². The van der Waals surface area contributed by atoms with Crippen molar-refractivity contribution in [3.63, 3.8) is 0 Å². The summed E-state index contributed by atoms with van der Waals surface area (Å²) in [4.78, 5) is 0. The molecule has 0 amide bonds. The van der Waals surface area contributed by atoms with E-state index in [9.17, 15) is 4.39 Å². The van der Waals surface area contributed by atoms with Crippen molar-refractivity contribution >= 4 is 23.0 Å². The summed E-state index contributed by atoms with van der Waals surface area (Å²) in [6.45, 7) is 0. The monoisotopic (exact) mass is 240 g/mol. The number of ether oxygens (including phenoxy) is 1. The topological polar surface area (TPSA) is 33.3 Å². The van der Waals surface area contributed by atoms with E-state index < -0.39 is 5.82 Å². The molecule has 0 saturated heterocycles. The van der Waals surface area contributed by atoms with Crippen molar-refractivity contribution in [2.24, 2.45) is 0 Å². The smallest absolute Gasteiger partial charge is 0.170 e. The highest BCUT2D eigenvalue weighted by atomic mass is 32.1. The second kappa shape index (κ2) is 4.65. The quantitative estimate of drug-likeness (QED) is 0.794. The Balaban J connectivity index is 1.97. The van der Waals surface area contributed by atoms with Crippen molar-refractivity contribution in [3.05, 3.63) is 24.0 Å². The van der Waals surface area contributed by atoms with Gasteiger partial charge in [-0.25, -0.2) is 4.39 Å². The number of hydrogen-bond acceptors (Lipinski definition) is 2. The normalized spacial score (nSPS) is 14.4. The van der Waals surface area contributed by atoms with Crippen LogP contribution in [0.2, 0.25) is 0 Å². The first kappa shape index (κ1) is 11.1. The highest BCUT2D eigenvalue weighted by Gasteiger charge is 2.21. The van der Waals surface area contributed by atoms with Crippen LogP contribution in [0.3, 0.4) is 0 Å². The maximum atomic E-state index is 13.3. The van der Waals surface area contributed by atoms with E-state index in [4.69, 9.17) is 17.0 Å². The lowest BCUT2D eigenvalue weighted by Gasteiger charge is -2.10. The van der Waals surface area contributed by atoms with E-state index in [-0.39, 0.29) is 5.75 Å². The van der Waals surface area contributed by atoms with Crippen LogP contribution in [-0.4, -0.2) is 18.3 Å². The van der Waals surface area contributed by atoms with Crippen LogP contribution in [-0.2, 0) is 0 Å². The van der Waals surface area contributed by atoms with Gasteiger partial charge in [-0.1, -0.05) is 0 Å². The minimum atomic E-state index is -0.401. The maximum Gasteiger partial charge on any atom is 0.170 e. The molecule has 0 radical (unpaired) electrons. The molecule has 1 saturated carbocycles. The Kier molecular flexibility index (Phi) is 3.24. The predicted molar refractivity (Wildman–Crippen MR) is 65.3 cm³/mol. The SMILES string of the molecule is COc1ccc(NC(=S)NC2CC2)cc1F. The molecule has 0 bridgehead atoms. The first-order chi connectivity index (χ1) is 7.69. The fourth-order valence-electron chi connectivity index (χ4n) is 1.32. The van der Waals surface area contributed by atoms with Gasteiger partial charge in [-0.15, -0.1) is 0 Å². The van der Waals surface area contributed by atoms with Gasteiger partial charge >= 0.3 is 0 Å². The molecular weight excluding hydrogens is 227 g/mol. The van der Waals surface area contributed by atoms with Gasteiger partial charge in [0, 0.05) is 17.8 Å². The van der Waals surface area contributed by atoms with Crippen LogP contribution >= 0.6 is 12.2 Å². The summed E-state index contributed by atoms with van der Waals surface area (Å²) in [6, 6.07) is 5.14. The highest BCUT2D eigenvalue weighted by molar-refractivity contribution is 7.80. The van der Waals surface area contributed by atoms with E-state index in [1.54, 1.807) is 12.1 Å². The molecule has 3 nitrogen and oxygen atoms in total. The van der Waals surface area contributed by atoms with Gasteiger partial charge in [0.15, 0.2) is 16.7 Å².